The maximum atomic E-state index is 13.0. The van der Waals surface area contributed by atoms with Crippen molar-refractivity contribution >= 4 is 96.4 Å². The van der Waals surface area contributed by atoms with Crippen molar-refractivity contribution in [1.29, 1.82) is 0 Å². The van der Waals surface area contributed by atoms with Gasteiger partial charge in [-0.3, -0.25) is 18.5 Å². The lowest BCUT2D eigenvalue weighted by molar-refractivity contribution is 0.102. The number of amides is 1. The summed E-state index contributed by atoms with van der Waals surface area (Å²) in [4.78, 5) is 9.80. The van der Waals surface area contributed by atoms with E-state index < -0.39 is 77.4 Å². The average molecular weight is 855 g/mol. The van der Waals surface area contributed by atoms with Crippen LogP contribution in [-0.4, -0.2) is 62.9 Å². The van der Waals surface area contributed by atoms with Crippen LogP contribution in [0.5, 0.6) is 5.75 Å². The normalized spacial score (nSPS) is 12.9. The predicted molar refractivity (Wildman–Crippen MR) is 201 cm³/mol. The molecule has 0 fully saturated rings. The maximum absolute atomic E-state index is 13.0. The third-order valence-electron chi connectivity index (χ3n) is 8.16. The molecule has 0 aliphatic heterocycles. The number of carbonyl (C=O) groups excluding carboxylic acids is 1. The molecular weight excluding hydrogens is 831 g/mol. The lowest BCUT2D eigenvalue weighted by Gasteiger charge is -2.11. The zero-order chi connectivity index (χ0) is 41.7. The van der Waals surface area contributed by atoms with E-state index in [1.165, 1.54) is 54.6 Å². The molecule has 6 aromatic carbocycles. The van der Waals surface area contributed by atoms with Crippen LogP contribution in [0.2, 0.25) is 0 Å². The number of aryl methyl sites for hydroxylation is 1. The van der Waals surface area contributed by atoms with Crippen LogP contribution in [0.25, 0.3) is 21.5 Å². The Morgan fingerprint density at radius 3 is 1.84 bits per heavy atom. The Morgan fingerprint density at radius 2 is 1.23 bits per heavy atom. The van der Waals surface area contributed by atoms with E-state index in [4.69, 9.17) is 0 Å². The Kier molecular flexibility index (Phi) is 10.5. The highest BCUT2D eigenvalue weighted by atomic mass is 32.2. The van der Waals surface area contributed by atoms with Crippen molar-refractivity contribution in [2.75, 3.05) is 5.32 Å². The standard InChI is InChI=1S/C34H25N5O14S4/c1-18-12-23(8-11-29(18)38-37-24-7-4-20-13-26(55(45,46)47)17-30(28(20)16-24)56(48,49)50)35-34(41)19-2-5-22(6-3-19)36-39-32-27-10-9-25(54(42,43)44)14-21(27)15-31(33(32)40)57(51,52)53/h2-17,40H,1H3,(H,35,41)(H,42,43,44)(H,45,46,47)(H,48,49,50)(H,51,52,53)/p-1. The van der Waals surface area contributed by atoms with Crippen LogP contribution in [0.15, 0.2) is 137 Å². The number of carbonyl (C=O) groups is 1. The van der Waals surface area contributed by atoms with Gasteiger partial charge in [-0.2, -0.15) is 40.6 Å². The molecule has 0 atom stereocenters. The molecule has 0 bridgehead atoms. The lowest BCUT2D eigenvalue weighted by Crippen LogP contribution is -2.11. The molecule has 0 saturated carbocycles. The zero-order valence-corrected chi connectivity index (χ0v) is 31.8. The molecule has 0 saturated heterocycles. The minimum Gasteiger partial charge on any atom is -0.744 e. The smallest absolute Gasteiger partial charge is 0.298 e. The van der Waals surface area contributed by atoms with E-state index in [0.717, 1.165) is 30.3 Å². The minimum absolute atomic E-state index is 0.0232. The van der Waals surface area contributed by atoms with E-state index in [2.05, 4.69) is 25.8 Å². The Bertz CT molecular complexity index is 3190. The van der Waals surface area contributed by atoms with Gasteiger partial charge < -0.3 is 15.0 Å². The van der Waals surface area contributed by atoms with E-state index in [1.807, 2.05) is 0 Å². The van der Waals surface area contributed by atoms with E-state index in [9.17, 15) is 61.8 Å². The molecule has 0 heterocycles. The number of nitrogens with one attached hydrogen (secondary N) is 1. The molecule has 6 aromatic rings. The number of hydrogen-bond acceptors (Lipinski definition) is 15. The Labute approximate surface area is 323 Å². The van der Waals surface area contributed by atoms with Crippen molar-refractivity contribution in [3.05, 3.63) is 108 Å². The highest BCUT2D eigenvalue weighted by Crippen LogP contribution is 2.42. The van der Waals surface area contributed by atoms with Gasteiger partial charge >= 0.3 is 0 Å². The topological polar surface area (TPSA) is 319 Å². The number of anilines is 1. The molecule has 0 radical (unpaired) electrons. The molecule has 294 valence electrons. The monoisotopic (exact) mass is 854 g/mol. The summed E-state index contributed by atoms with van der Waals surface area (Å²) in [6.45, 7) is 1.67. The summed E-state index contributed by atoms with van der Waals surface area (Å²) >= 11 is 0. The number of hydrogen-bond donors (Lipinski definition) is 5. The van der Waals surface area contributed by atoms with Crippen molar-refractivity contribution < 1.29 is 61.8 Å². The first-order valence-electron chi connectivity index (χ1n) is 15.6. The molecule has 0 aliphatic carbocycles. The second kappa shape index (κ2) is 14.8. The molecule has 0 unspecified atom stereocenters. The Morgan fingerprint density at radius 1 is 0.596 bits per heavy atom. The van der Waals surface area contributed by atoms with Crippen molar-refractivity contribution in [3.8, 4) is 5.75 Å². The fourth-order valence-corrected chi connectivity index (χ4v) is 7.91. The van der Waals surface area contributed by atoms with Gasteiger partial charge in [0.05, 0.1) is 26.9 Å². The van der Waals surface area contributed by atoms with Crippen LogP contribution in [0.3, 0.4) is 0 Å². The summed E-state index contributed by atoms with van der Waals surface area (Å²) in [5, 5.41) is 29.3. The molecule has 19 nitrogen and oxygen atoms in total. The van der Waals surface area contributed by atoms with Gasteiger partial charge in [-0.05, 0) is 108 Å². The third-order valence-corrected chi connectivity index (χ3v) is 11.6. The summed E-state index contributed by atoms with van der Waals surface area (Å²) in [6, 6.07) is 19.5. The van der Waals surface area contributed by atoms with E-state index in [1.54, 1.807) is 13.0 Å². The number of benzene rings is 6. The predicted octanol–water partition coefficient (Wildman–Crippen LogP) is 6.73. The van der Waals surface area contributed by atoms with Crippen molar-refractivity contribution in [3.63, 3.8) is 0 Å². The van der Waals surface area contributed by atoms with Gasteiger partial charge in [-0.1, -0.05) is 12.1 Å². The van der Waals surface area contributed by atoms with Crippen LogP contribution in [0.4, 0.5) is 28.4 Å². The Balaban J connectivity index is 1.19. The molecule has 6 rings (SSSR count). The number of phenols is 1. The number of azo groups is 2. The SMILES string of the molecule is Cc1cc(NC(=O)c2ccc(N=Nc3c(O)c(S(=O)(=O)O)cc4cc(S(=O)(=O)O)ccc34)cc2)ccc1N=Nc1ccc2cc(S(=O)(=O)[O-])cc(S(=O)(=O)O)c2c1. The van der Waals surface area contributed by atoms with Crippen LogP contribution in [0.1, 0.15) is 15.9 Å². The van der Waals surface area contributed by atoms with E-state index in [0.29, 0.717) is 23.0 Å². The Hall–Kier alpha value is -6.05. The highest BCUT2D eigenvalue weighted by molar-refractivity contribution is 7.87. The molecular formula is C34H24N5O14S4-. The van der Waals surface area contributed by atoms with E-state index in [-0.39, 0.29) is 38.5 Å². The second-order valence-corrected chi connectivity index (χ2v) is 17.6. The average Bonchev–Trinajstić information content (AvgIpc) is 3.11. The van der Waals surface area contributed by atoms with Gasteiger partial charge in [0.25, 0.3) is 36.3 Å². The van der Waals surface area contributed by atoms with Crippen molar-refractivity contribution in [1.82, 2.24) is 0 Å². The first kappa shape index (κ1) is 40.6. The van der Waals surface area contributed by atoms with Gasteiger partial charge in [0.15, 0.2) is 5.75 Å². The number of nitrogens with zero attached hydrogens (tertiary/aromatic N) is 4. The van der Waals surface area contributed by atoms with Crippen LogP contribution < -0.4 is 5.32 Å². The lowest BCUT2D eigenvalue weighted by atomic mass is 10.1. The molecule has 0 aliphatic rings. The second-order valence-electron chi connectivity index (χ2n) is 12.1. The fraction of sp³-hybridized carbons (Fsp3) is 0.0294. The molecule has 5 N–H and O–H groups in total. The number of rotatable bonds is 10. The molecule has 23 heteroatoms. The zero-order valence-electron chi connectivity index (χ0n) is 28.5. The van der Waals surface area contributed by atoms with Gasteiger partial charge in [0, 0.05) is 22.0 Å². The van der Waals surface area contributed by atoms with Crippen LogP contribution >= 0.6 is 0 Å². The van der Waals surface area contributed by atoms with Gasteiger partial charge in [-0.15, -0.1) is 5.11 Å². The summed E-state index contributed by atoms with van der Waals surface area (Å²) in [5.74, 6) is -1.52. The molecule has 57 heavy (non-hydrogen) atoms. The number of phenolic OH excluding ortho intramolecular Hbond substituents is 1. The largest absolute Gasteiger partial charge is 0.744 e. The third kappa shape index (κ3) is 9.00. The first-order valence-corrected chi connectivity index (χ1v) is 21.3. The highest BCUT2D eigenvalue weighted by Gasteiger charge is 2.23. The fourth-order valence-electron chi connectivity index (χ4n) is 5.44. The van der Waals surface area contributed by atoms with Crippen LogP contribution in [-0.2, 0) is 40.5 Å². The molecule has 0 aromatic heterocycles. The first-order chi connectivity index (χ1) is 26.5. The van der Waals surface area contributed by atoms with Crippen LogP contribution in [0, 0.1) is 6.92 Å². The maximum Gasteiger partial charge on any atom is 0.298 e. The number of aromatic hydroxyl groups is 1. The number of fused-ring (bicyclic) bond motifs is 2. The van der Waals surface area contributed by atoms with Gasteiger partial charge in [-0.25, -0.2) is 8.42 Å². The van der Waals surface area contributed by atoms with Crippen molar-refractivity contribution in [2.24, 2.45) is 20.5 Å². The molecule has 0 spiro atoms. The summed E-state index contributed by atoms with van der Waals surface area (Å²) in [7, 11) is -19.7. The summed E-state index contributed by atoms with van der Waals surface area (Å²) < 4.78 is 134. The summed E-state index contributed by atoms with van der Waals surface area (Å²) in [6.07, 6.45) is 0. The minimum atomic E-state index is -5.04. The van der Waals surface area contributed by atoms with Crippen molar-refractivity contribution in [2.45, 2.75) is 26.5 Å². The summed E-state index contributed by atoms with van der Waals surface area (Å²) in [5.41, 5.74) is 1.26. The van der Waals surface area contributed by atoms with E-state index >= 15 is 0 Å². The van der Waals surface area contributed by atoms with Gasteiger partial charge in [0.2, 0.25) is 0 Å². The van der Waals surface area contributed by atoms with Gasteiger partial charge in [0.1, 0.15) is 25.6 Å². The molecule has 1 amide bonds. The quantitative estimate of drug-likeness (QED) is 0.0704.